The van der Waals surface area contributed by atoms with Gasteiger partial charge >= 0.3 is 12.1 Å². The Hall–Kier alpha value is -7.31. The standard InChI is InChI=1S/C88H132N6O55/c1-26(104)89-47-58(115)69(42(19-100)137-78(47)130-25-46-57(114)73(146-84-65(122)63(120)53(110)38(15-96)133-84)51(93-30(5)108)79(141-46)129-24-36(77(126)127)94-88(128)131-23-35-33-12-8-6-10-31(33)32-11-7-9-13-34(32)35)143-85-66(123)74(54(111)39(16-97)134-85)148-81-49(91-28(3)106)60(117)71(44(21-102)139-81)145-87-68(125)76(56(113)41(18-99)136-87)149-82-50(92-29(4)107)61(118)72(45(22-103)140-82)144-86-67(124)75(55(112)40(17-98)135-86)147-80-48(90-27(2)105)59(116)70(43(20-101)138-80)142-83-64(121)62(119)52(109)37(14-95)132-83/h6-13,35-76,78-87,95-103,109-125H,14-25H2,1-5H3,(H,89,104)(H,90,105)(H,91,106)(H,92,107)(H,93,108)(H,94,128)(H,126,127)/t36-,37+,38+,39+,40+,41+,42+,43+,44+,45+,46+,47+,48+,49+,50+,51+,52-,53-,54-,55-,56-,57-,58+,59+,60+,61+,62-,63-,64+,65+,66+,67+,68+,69+,70+,71+,72+,73+,74-,75-,76-,78+,79-,80-,81-,82-,83-,84-,85-,86-,87-/m0/s1. The predicted molar refractivity (Wildman–Crippen MR) is 471 cm³/mol. The van der Waals surface area contributed by atoms with Crippen LogP contribution in [0.3, 0.4) is 0 Å². The summed E-state index contributed by atoms with van der Waals surface area (Å²) in [4.78, 5) is 91.8. The Morgan fingerprint density at radius 3 is 0.839 bits per heavy atom. The first-order valence-corrected chi connectivity index (χ1v) is 47.6. The number of carbonyl (C=O) groups excluding carboxylic acids is 6. The lowest BCUT2D eigenvalue weighted by atomic mass is 9.93. The molecule has 33 N–H and O–H groups in total. The lowest BCUT2D eigenvalue weighted by molar-refractivity contribution is -0.389. The molecule has 10 heterocycles. The Kier molecular flexibility index (Phi) is 41.8. The van der Waals surface area contributed by atoms with Crippen LogP contribution in [0.1, 0.15) is 51.7 Å². The van der Waals surface area contributed by atoms with Gasteiger partial charge in [-0.2, -0.15) is 0 Å². The van der Waals surface area contributed by atoms with Gasteiger partial charge in [-0.25, -0.2) is 9.59 Å². The average Bonchev–Trinajstić information content (AvgIpc) is 1.71. The highest BCUT2D eigenvalue weighted by molar-refractivity contribution is 5.81. The SMILES string of the molecule is CC(=O)N[C@H]1[C@H](O[C@H]2[C@@H](O)[C@@H](CO)O[C@@H](O[C@H]3[C@H](O)[C@@H](NC(C)=O)[C@H](O[C@H]4[C@@H](O)[C@@H](CO)O[C@@H](O[C@H]5[C@H](O)[C@@H](NC(C)=O)[C@H](O[C@H]6[C@@H](O)[C@@H](CO)O[C@@H](O[C@H]7[C@H](O)[C@@H](NC(C)=O)[C@H](OC[C@H]8O[C@H](OC[C@H](NC(=O)OCC9c%10ccccc%10-c%10ccccc%109)C(=O)O)[C@H](NC(C)=O)[C@@H](O[C@@H]9O[C@H](CO)[C@H](O)[C@H](O)[C@H]9O)[C@H]8O)O[C@@H]7CO)[C@@H]6O)O[C@@H]5CO)[C@@H]4O)O[C@@H]3CO)[C@@H]2O)O[C@H](CO)[C@@H](O[C@@H]2O[C@H](CO)[C@H](O)[C@H](O)[C@H]2O)[C@@H]1O. The second-order valence-electron chi connectivity index (χ2n) is 37.4. The van der Waals surface area contributed by atoms with E-state index in [1.807, 2.05) is 36.4 Å². The van der Waals surface area contributed by atoms with E-state index in [1.54, 1.807) is 12.1 Å². The highest BCUT2D eigenvalue weighted by Crippen LogP contribution is 2.46. The number of carboxylic acid groups (broad SMARTS) is 1. The van der Waals surface area contributed by atoms with Crippen molar-refractivity contribution in [1.82, 2.24) is 31.9 Å². The van der Waals surface area contributed by atoms with Gasteiger partial charge in [0.25, 0.3) is 0 Å². The molecule has 10 saturated heterocycles. The zero-order valence-electron chi connectivity index (χ0n) is 80.1. The second-order valence-corrected chi connectivity index (χ2v) is 37.4. The number of amides is 6. The summed E-state index contributed by atoms with van der Waals surface area (Å²) in [5.41, 5.74) is 3.38. The van der Waals surface area contributed by atoms with E-state index in [1.165, 1.54) is 0 Å². The summed E-state index contributed by atoms with van der Waals surface area (Å²) in [6.07, 6.45) is -94.6. The van der Waals surface area contributed by atoms with Gasteiger partial charge in [-0.15, -0.1) is 0 Å². The summed E-state index contributed by atoms with van der Waals surface area (Å²) >= 11 is 0. The molecule has 6 amide bonds. The fourth-order valence-corrected chi connectivity index (χ4v) is 19.6. The number of rotatable bonds is 40. The Bertz CT molecular complexity index is 4630. The van der Waals surface area contributed by atoms with Crippen LogP contribution < -0.4 is 31.9 Å². The summed E-state index contributed by atoms with van der Waals surface area (Å²) in [6, 6.07) is 3.09. The lowest BCUT2D eigenvalue weighted by Crippen LogP contribution is -2.71. The van der Waals surface area contributed by atoms with Crippen molar-refractivity contribution in [2.24, 2.45) is 0 Å². The number of aliphatic carboxylic acids is 1. The topological polar surface area (TPSA) is 932 Å². The molecular formula is C88H132N6O55. The van der Waals surface area contributed by atoms with Gasteiger partial charge in [-0.3, -0.25) is 24.0 Å². The van der Waals surface area contributed by atoms with Crippen molar-refractivity contribution >= 4 is 41.6 Å². The van der Waals surface area contributed by atoms with Crippen molar-refractivity contribution < 1.29 is 271 Å². The monoisotopic (exact) mass is 2150 g/mol. The number of carboxylic acids is 1. The molecule has 844 valence electrons. The normalized spacial score (nSPS) is 43.2. The molecule has 11 aliphatic rings. The van der Waals surface area contributed by atoms with Crippen LogP contribution in [0.15, 0.2) is 48.5 Å². The zero-order chi connectivity index (χ0) is 109. The molecule has 2 aromatic rings. The molecule has 61 nitrogen and oxygen atoms in total. The Balaban J connectivity index is 0.677. The first-order chi connectivity index (χ1) is 70.9. The van der Waals surface area contributed by atoms with E-state index in [9.17, 15) is 171 Å². The molecule has 149 heavy (non-hydrogen) atoms. The zero-order valence-corrected chi connectivity index (χ0v) is 80.1. The number of carbonyl (C=O) groups is 7. The van der Waals surface area contributed by atoms with Gasteiger partial charge in [0, 0.05) is 40.5 Å². The average molecular weight is 2150 g/mol. The summed E-state index contributed by atoms with van der Waals surface area (Å²) < 4.78 is 125. The number of aliphatic hydroxyl groups is 26. The van der Waals surface area contributed by atoms with Crippen LogP contribution in [0.25, 0.3) is 11.1 Å². The van der Waals surface area contributed by atoms with Gasteiger partial charge in [0.2, 0.25) is 29.5 Å². The number of ether oxygens (including phenoxy) is 21. The van der Waals surface area contributed by atoms with Crippen molar-refractivity contribution in [2.75, 3.05) is 79.3 Å². The number of hydrogen-bond donors (Lipinski definition) is 33. The van der Waals surface area contributed by atoms with Crippen LogP contribution in [0.4, 0.5) is 4.79 Å². The fraction of sp³-hybridized carbons (Fsp3) is 0.784. The minimum Gasteiger partial charge on any atom is -0.480 e. The number of fused-ring (bicyclic) bond motifs is 3. The van der Waals surface area contributed by atoms with Crippen molar-refractivity contribution in [3.63, 3.8) is 0 Å². The first kappa shape index (κ1) is 119. The third kappa shape index (κ3) is 26.5. The van der Waals surface area contributed by atoms with E-state index in [2.05, 4.69) is 31.9 Å². The Labute approximate surface area is 844 Å². The Morgan fingerprint density at radius 1 is 0.268 bits per heavy atom. The number of hydrogen-bond acceptors (Lipinski definition) is 54. The molecule has 61 heteroatoms. The first-order valence-electron chi connectivity index (χ1n) is 47.6. The van der Waals surface area contributed by atoms with Crippen molar-refractivity contribution in [3.05, 3.63) is 59.7 Å². The summed E-state index contributed by atoms with van der Waals surface area (Å²) in [5.74, 6) is -6.92. The maximum atomic E-state index is 13.6. The van der Waals surface area contributed by atoms with E-state index in [0.29, 0.717) is 0 Å². The maximum Gasteiger partial charge on any atom is 0.407 e. The van der Waals surface area contributed by atoms with Crippen LogP contribution in [0.5, 0.6) is 0 Å². The molecule has 10 aliphatic heterocycles. The fourth-order valence-electron chi connectivity index (χ4n) is 19.6. The summed E-state index contributed by atoms with van der Waals surface area (Å²) in [5, 5.41) is 317. The van der Waals surface area contributed by atoms with Crippen molar-refractivity contribution in [1.29, 1.82) is 0 Å². The quantitative estimate of drug-likeness (QED) is 0.0295. The molecule has 2 aromatic carbocycles. The number of nitrogens with one attached hydrogen (secondary N) is 6. The molecule has 1 aliphatic carbocycles. The van der Waals surface area contributed by atoms with E-state index < -0.39 is 433 Å². The largest absolute Gasteiger partial charge is 0.480 e. The summed E-state index contributed by atoms with van der Waals surface area (Å²) in [7, 11) is 0. The minimum absolute atomic E-state index is 0.274. The van der Waals surface area contributed by atoms with Gasteiger partial charge in [0.05, 0.1) is 72.7 Å². The molecule has 0 spiro atoms. The van der Waals surface area contributed by atoms with E-state index in [0.717, 1.165) is 56.9 Å². The number of benzene rings is 2. The number of aliphatic hydroxyl groups excluding tert-OH is 26. The molecule has 10 fully saturated rings. The second kappa shape index (κ2) is 52.5. The maximum absolute atomic E-state index is 13.6. The third-order valence-corrected chi connectivity index (χ3v) is 27.2. The molecular weight excluding hydrogens is 2020 g/mol. The molecule has 0 saturated carbocycles. The van der Waals surface area contributed by atoms with Gasteiger partial charge in [-0.1, -0.05) is 48.5 Å². The van der Waals surface area contributed by atoms with Crippen LogP contribution in [0, 0.1) is 0 Å². The molecule has 13 rings (SSSR count). The molecule has 0 aromatic heterocycles. The summed E-state index contributed by atoms with van der Waals surface area (Å²) in [6.45, 7) is -7.71. The highest BCUT2D eigenvalue weighted by Gasteiger charge is 2.63. The van der Waals surface area contributed by atoms with Crippen LogP contribution >= 0.6 is 0 Å². The van der Waals surface area contributed by atoms with Gasteiger partial charge in [0.15, 0.2) is 68.9 Å². The van der Waals surface area contributed by atoms with Crippen LogP contribution in [0.2, 0.25) is 0 Å². The minimum atomic E-state index is -2.43. The van der Waals surface area contributed by atoms with E-state index in [4.69, 9.17) is 99.5 Å². The molecule has 51 atom stereocenters. The van der Waals surface area contributed by atoms with Crippen molar-refractivity contribution in [3.8, 4) is 11.1 Å². The van der Waals surface area contributed by atoms with Crippen LogP contribution in [-0.4, -0.2) is 572 Å². The lowest BCUT2D eigenvalue weighted by Gasteiger charge is -2.51. The Morgan fingerprint density at radius 2 is 0.523 bits per heavy atom. The number of alkyl carbamates (subject to hydrolysis) is 1. The highest BCUT2D eigenvalue weighted by atomic mass is 16.8. The van der Waals surface area contributed by atoms with Crippen molar-refractivity contribution in [2.45, 2.75) is 353 Å². The smallest absolute Gasteiger partial charge is 0.407 e. The van der Waals surface area contributed by atoms with E-state index in [-0.39, 0.29) is 6.61 Å². The van der Waals surface area contributed by atoms with Crippen LogP contribution in [-0.2, 0) is 128 Å². The predicted octanol–water partition coefficient (Wildman–Crippen LogP) is -19.1. The molecule has 0 unspecified atom stereocenters. The molecule has 0 bridgehead atoms. The van der Waals surface area contributed by atoms with Gasteiger partial charge in [-0.05, 0) is 22.3 Å². The third-order valence-electron chi connectivity index (χ3n) is 27.2. The van der Waals surface area contributed by atoms with Gasteiger partial charge < -0.3 is 269 Å². The molecule has 0 radical (unpaired) electrons. The van der Waals surface area contributed by atoms with E-state index >= 15 is 0 Å². The van der Waals surface area contributed by atoms with Gasteiger partial charge in [0.1, 0.15) is 250 Å².